The minimum Gasteiger partial charge on any atom is -0.486 e. The number of nitrogens with one attached hydrogen (secondary N) is 1. The first-order valence-corrected chi connectivity index (χ1v) is 9.74. The van der Waals surface area contributed by atoms with Gasteiger partial charge in [0.25, 0.3) is 5.91 Å². The van der Waals surface area contributed by atoms with Crippen molar-refractivity contribution in [3.63, 3.8) is 0 Å². The highest BCUT2D eigenvalue weighted by Gasteiger charge is 2.28. The number of imidazole rings is 1. The lowest BCUT2D eigenvalue weighted by atomic mass is 10.1. The first-order valence-electron chi connectivity index (χ1n) is 9.74. The molecule has 1 unspecified atom stereocenters. The molecule has 3 aromatic rings. The van der Waals surface area contributed by atoms with E-state index < -0.39 is 0 Å². The zero-order valence-corrected chi connectivity index (χ0v) is 16.4. The Balaban J connectivity index is 1.48. The zero-order valence-electron chi connectivity index (χ0n) is 16.4. The fourth-order valence-corrected chi connectivity index (χ4v) is 3.84. The number of hydrogen-bond donors (Lipinski definition) is 1. The standard InChI is InChI=1S/C22H26N4O2/c1-16-6-5-10-25-14-18(24-21(16)25)15-28-20-8-4-3-7-19(20)22(27)26-11-9-17(13-26)12-23-2/h3-8,10,14,17,23H,9,11-13,15H2,1-2H3. The number of ether oxygens (including phenoxy) is 1. The summed E-state index contributed by atoms with van der Waals surface area (Å²) in [4.78, 5) is 19.6. The number of benzene rings is 1. The minimum absolute atomic E-state index is 0.0417. The number of pyridine rings is 1. The Bertz CT molecular complexity index is 982. The molecule has 1 amide bonds. The molecule has 1 aliphatic heterocycles. The summed E-state index contributed by atoms with van der Waals surface area (Å²) in [5.74, 6) is 1.17. The van der Waals surface area contributed by atoms with Crippen molar-refractivity contribution in [3.8, 4) is 5.75 Å². The number of aromatic nitrogens is 2. The molecule has 6 heteroatoms. The van der Waals surface area contributed by atoms with E-state index in [1.807, 2.05) is 72.1 Å². The number of para-hydroxylation sites is 1. The van der Waals surface area contributed by atoms with Crippen LogP contribution in [-0.2, 0) is 6.61 Å². The van der Waals surface area contributed by atoms with E-state index in [-0.39, 0.29) is 5.91 Å². The minimum atomic E-state index is 0.0417. The van der Waals surface area contributed by atoms with Crippen LogP contribution in [-0.4, -0.2) is 46.9 Å². The quantitative estimate of drug-likeness (QED) is 0.717. The van der Waals surface area contributed by atoms with Crippen LogP contribution in [0.4, 0.5) is 0 Å². The largest absolute Gasteiger partial charge is 0.486 e. The third-order valence-electron chi connectivity index (χ3n) is 5.29. The maximum absolute atomic E-state index is 13.0. The van der Waals surface area contributed by atoms with E-state index in [0.717, 1.165) is 43.0 Å². The molecule has 0 bridgehead atoms. The maximum atomic E-state index is 13.0. The molecule has 28 heavy (non-hydrogen) atoms. The molecule has 0 radical (unpaired) electrons. The van der Waals surface area contributed by atoms with E-state index in [9.17, 15) is 4.79 Å². The van der Waals surface area contributed by atoms with E-state index in [1.165, 1.54) is 0 Å². The molecule has 4 rings (SSSR count). The molecule has 0 saturated carbocycles. The second-order valence-electron chi connectivity index (χ2n) is 7.40. The summed E-state index contributed by atoms with van der Waals surface area (Å²) in [6.07, 6.45) is 4.98. The Hall–Kier alpha value is -2.86. The van der Waals surface area contributed by atoms with Crippen molar-refractivity contribution in [2.45, 2.75) is 20.0 Å². The summed E-state index contributed by atoms with van der Waals surface area (Å²) in [5, 5.41) is 3.20. The average Bonchev–Trinajstić information content (AvgIpc) is 3.34. The highest BCUT2D eigenvalue weighted by atomic mass is 16.5. The van der Waals surface area contributed by atoms with Crippen LogP contribution in [0, 0.1) is 12.8 Å². The van der Waals surface area contributed by atoms with Gasteiger partial charge in [-0.2, -0.15) is 0 Å². The van der Waals surface area contributed by atoms with Gasteiger partial charge in [0.15, 0.2) is 0 Å². The number of nitrogens with zero attached hydrogens (tertiary/aromatic N) is 3. The predicted octanol–water partition coefficient (Wildman–Crippen LogP) is 2.90. The van der Waals surface area contributed by atoms with Gasteiger partial charge < -0.3 is 19.4 Å². The number of rotatable bonds is 6. The molecule has 146 valence electrons. The molecule has 1 N–H and O–H groups in total. The van der Waals surface area contributed by atoms with Gasteiger partial charge in [0, 0.05) is 25.5 Å². The lowest BCUT2D eigenvalue weighted by Gasteiger charge is -2.18. The van der Waals surface area contributed by atoms with Crippen molar-refractivity contribution in [1.82, 2.24) is 19.6 Å². The molecule has 1 atom stereocenters. The van der Waals surface area contributed by atoms with Gasteiger partial charge in [0.2, 0.25) is 0 Å². The number of amides is 1. The van der Waals surface area contributed by atoms with Crippen LogP contribution in [0.3, 0.4) is 0 Å². The summed E-state index contributed by atoms with van der Waals surface area (Å²) in [6.45, 7) is 4.90. The first-order chi connectivity index (χ1) is 13.7. The van der Waals surface area contributed by atoms with E-state index in [1.54, 1.807) is 0 Å². The topological polar surface area (TPSA) is 58.9 Å². The molecular formula is C22H26N4O2. The van der Waals surface area contributed by atoms with Crippen molar-refractivity contribution < 1.29 is 9.53 Å². The molecule has 6 nitrogen and oxygen atoms in total. The fourth-order valence-electron chi connectivity index (χ4n) is 3.84. The third kappa shape index (κ3) is 3.73. The normalized spacial score (nSPS) is 16.6. The maximum Gasteiger partial charge on any atom is 0.257 e. The summed E-state index contributed by atoms with van der Waals surface area (Å²) in [7, 11) is 1.95. The fraction of sp³-hybridized carbons (Fsp3) is 0.364. The number of carbonyl (C=O) groups is 1. The molecule has 0 aliphatic carbocycles. The summed E-state index contributed by atoms with van der Waals surface area (Å²) < 4.78 is 8.01. The highest BCUT2D eigenvalue weighted by molar-refractivity contribution is 5.97. The van der Waals surface area contributed by atoms with Gasteiger partial charge in [0.1, 0.15) is 18.0 Å². The van der Waals surface area contributed by atoms with Gasteiger partial charge >= 0.3 is 0 Å². The van der Waals surface area contributed by atoms with Crippen molar-refractivity contribution in [2.24, 2.45) is 5.92 Å². The number of likely N-dealkylation sites (tertiary alicyclic amines) is 1. The van der Waals surface area contributed by atoms with Crippen molar-refractivity contribution in [2.75, 3.05) is 26.7 Å². The molecule has 1 aromatic carbocycles. The highest BCUT2D eigenvalue weighted by Crippen LogP contribution is 2.25. The molecule has 1 saturated heterocycles. The molecule has 0 spiro atoms. The number of carbonyl (C=O) groups excluding carboxylic acids is 1. The predicted molar refractivity (Wildman–Crippen MR) is 109 cm³/mol. The molecule has 1 aliphatic rings. The smallest absolute Gasteiger partial charge is 0.257 e. The third-order valence-corrected chi connectivity index (χ3v) is 5.29. The monoisotopic (exact) mass is 378 g/mol. The first kappa shape index (κ1) is 18.5. The van der Waals surface area contributed by atoms with Gasteiger partial charge in [-0.15, -0.1) is 0 Å². The van der Waals surface area contributed by atoms with Gasteiger partial charge in [-0.25, -0.2) is 4.98 Å². The Morgan fingerprint density at radius 3 is 2.96 bits per heavy atom. The lowest BCUT2D eigenvalue weighted by Crippen LogP contribution is -2.30. The summed E-state index contributed by atoms with van der Waals surface area (Å²) >= 11 is 0. The van der Waals surface area contributed by atoms with Crippen LogP contribution in [0.25, 0.3) is 5.65 Å². The van der Waals surface area contributed by atoms with Gasteiger partial charge in [0.05, 0.1) is 11.3 Å². The van der Waals surface area contributed by atoms with E-state index >= 15 is 0 Å². The Morgan fingerprint density at radius 2 is 2.14 bits per heavy atom. The zero-order chi connectivity index (χ0) is 19.5. The summed E-state index contributed by atoms with van der Waals surface area (Å²) in [6, 6.07) is 11.5. The summed E-state index contributed by atoms with van der Waals surface area (Å²) in [5.41, 5.74) is 3.51. The SMILES string of the molecule is CNCC1CCN(C(=O)c2ccccc2OCc2cn3cccc(C)c3n2)C1. The van der Waals surface area contributed by atoms with Crippen LogP contribution in [0.2, 0.25) is 0 Å². The van der Waals surface area contributed by atoms with Crippen LogP contribution < -0.4 is 10.1 Å². The number of aryl methyl sites for hydroxylation is 1. The Labute approximate surface area is 165 Å². The van der Waals surface area contributed by atoms with Crippen molar-refractivity contribution >= 4 is 11.6 Å². The molecule has 3 heterocycles. The van der Waals surface area contributed by atoms with Crippen LogP contribution in [0.1, 0.15) is 28.0 Å². The van der Waals surface area contributed by atoms with E-state index in [0.29, 0.717) is 23.8 Å². The van der Waals surface area contributed by atoms with Crippen molar-refractivity contribution in [1.29, 1.82) is 0 Å². The average molecular weight is 378 g/mol. The van der Waals surface area contributed by atoms with Crippen LogP contribution in [0.5, 0.6) is 5.75 Å². The number of hydrogen-bond acceptors (Lipinski definition) is 4. The van der Waals surface area contributed by atoms with Gasteiger partial charge in [-0.05, 0) is 56.6 Å². The molecular weight excluding hydrogens is 352 g/mol. The molecule has 1 fully saturated rings. The van der Waals surface area contributed by atoms with Gasteiger partial charge in [-0.3, -0.25) is 4.79 Å². The van der Waals surface area contributed by atoms with Crippen LogP contribution in [0.15, 0.2) is 48.8 Å². The van der Waals surface area contributed by atoms with E-state index in [4.69, 9.17) is 4.74 Å². The van der Waals surface area contributed by atoms with Gasteiger partial charge in [-0.1, -0.05) is 18.2 Å². The lowest BCUT2D eigenvalue weighted by molar-refractivity contribution is 0.0782. The van der Waals surface area contributed by atoms with Crippen molar-refractivity contribution in [3.05, 3.63) is 65.6 Å². The van der Waals surface area contributed by atoms with E-state index in [2.05, 4.69) is 10.3 Å². The second-order valence-corrected chi connectivity index (χ2v) is 7.40. The second kappa shape index (κ2) is 8.02. The Kier molecular flexibility index (Phi) is 5.30. The Morgan fingerprint density at radius 1 is 1.29 bits per heavy atom. The number of fused-ring (bicyclic) bond motifs is 1. The molecule has 2 aromatic heterocycles. The van der Waals surface area contributed by atoms with Crippen LogP contribution >= 0.6 is 0 Å².